The molecule has 2 aromatic rings. The van der Waals surface area contributed by atoms with Gasteiger partial charge in [0.25, 0.3) is 0 Å². The van der Waals surface area contributed by atoms with Gasteiger partial charge in [0.2, 0.25) is 0 Å². The van der Waals surface area contributed by atoms with Crippen molar-refractivity contribution < 1.29 is 13.2 Å². The molecular formula is C12H14F3N5. The molecule has 1 heterocycles. The highest BCUT2D eigenvalue weighted by Crippen LogP contribution is 2.34. The minimum Gasteiger partial charge on any atom is -0.398 e. The van der Waals surface area contributed by atoms with Crippen LogP contribution in [0.15, 0.2) is 30.6 Å². The third kappa shape index (κ3) is 2.75. The number of alkyl halides is 3. The first-order chi connectivity index (χ1) is 9.32. The third-order valence-electron chi connectivity index (χ3n) is 2.95. The van der Waals surface area contributed by atoms with Crippen molar-refractivity contribution in [1.82, 2.24) is 15.2 Å². The molecule has 0 radical (unpaired) electrons. The summed E-state index contributed by atoms with van der Waals surface area (Å²) < 4.78 is 39.8. The van der Waals surface area contributed by atoms with E-state index in [1.165, 1.54) is 16.9 Å². The number of hydrazine groups is 1. The Kier molecular flexibility index (Phi) is 3.69. The zero-order valence-electron chi connectivity index (χ0n) is 10.6. The molecule has 0 saturated heterocycles. The van der Waals surface area contributed by atoms with Gasteiger partial charge in [-0.15, -0.1) is 0 Å². The van der Waals surface area contributed by atoms with Gasteiger partial charge in [-0.3, -0.25) is 10.5 Å². The van der Waals surface area contributed by atoms with Crippen molar-refractivity contribution in [2.75, 3.05) is 5.73 Å². The Morgan fingerprint density at radius 2 is 2.05 bits per heavy atom. The number of nitrogen functional groups attached to an aromatic ring is 1. The molecule has 0 fully saturated rings. The highest BCUT2D eigenvalue weighted by atomic mass is 19.4. The third-order valence-corrected chi connectivity index (χ3v) is 2.95. The van der Waals surface area contributed by atoms with E-state index < -0.39 is 17.8 Å². The average Bonchev–Trinajstić information content (AvgIpc) is 2.77. The number of aromatic nitrogens is 2. The van der Waals surface area contributed by atoms with Gasteiger partial charge in [0.15, 0.2) is 0 Å². The second-order valence-corrected chi connectivity index (χ2v) is 4.39. The predicted octanol–water partition coefficient (Wildman–Crippen LogP) is 1.57. The molecule has 1 atom stereocenters. The van der Waals surface area contributed by atoms with E-state index in [0.717, 1.165) is 12.1 Å². The number of nitrogens with zero attached hydrogens (tertiary/aromatic N) is 2. The van der Waals surface area contributed by atoms with Crippen molar-refractivity contribution >= 4 is 5.69 Å². The highest BCUT2D eigenvalue weighted by Gasteiger charge is 2.32. The zero-order valence-corrected chi connectivity index (χ0v) is 10.6. The van der Waals surface area contributed by atoms with Crippen molar-refractivity contribution in [2.45, 2.75) is 12.2 Å². The van der Waals surface area contributed by atoms with Crippen molar-refractivity contribution in [3.05, 3.63) is 47.3 Å². The molecule has 0 amide bonds. The second kappa shape index (κ2) is 5.14. The van der Waals surface area contributed by atoms with Crippen LogP contribution < -0.4 is 17.0 Å². The van der Waals surface area contributed by atoms with Crippen LogP contribution in [0.25, 0.3) is 0 Å². The number of hydrogen-bond donors (Lipinski definition) is 3. The van der Waals surface area contributed by atoms with Gasteiger partial charge in [-0.25, -0.2) is 5.43 Å². The summed E-state index contributed by atoms with van der Waals surface area (Å²) in [6.07, 6.45) is -1.26. The number of aryl methyl sites for hydroxylation is 1. The number of hydrogen-bond acceptors (Lipinski definition) is 4. The van der Waals surface area contributed by atoms with E-state index in [2.05, 4.69) is 10.5 Å². The molecule has 108 valence electrons. The number of benzene rings is 1. The molecular weight excluding hydrogens is 271 g/mol. The van der Waals surface area contributed by atoms with Gasteiger partial charge >= 0.3 is 6.18 Å². The molecule has 1 unspecified atom stereocenters. The minimum absolute atomic E-state index is 0.227. The Bertz CT molecular complexity index is 605. The van der Waals surface area contributed by atoms with Crippen molar-refractivity contribution in [3.8, 4) is 0 Å². The summed E-state index contributed by atoms with van der Waals surface area (Å²) in [6.45, 7) is 0. The van der Waals surface area contributed by atoms with Crippen molar-refractivity contribution in [2.24, 2.45) is 12.9 Å². The first kappa shape index (κ1) is 14.4. The molecule has 5 nitrogen and oxygen atoms in total. The SMILES string of the molecule is Cn1cc(C(NN)c2cc(C(F)(F)F)ccc2N)cn1. The lowest BCUT2D eigenvalue weighted by Crippen LogP contribution is -2.29. The summed E-state index contributed by atoms with van der Waals surface area (Å²) in [5.41, 5.74) is 8.57. The Morgan fingerprint density at radius 3 is 2.55 bits per heavy atom. The van der Waals surface area contributed by atoms with E-state index in [1.807, 2.05) is 0 Å². The van der Waals surface area contributed by atoms with E-state index >= 15 is 0 Å². The molecule has 5 N–H and O–H groups in total. The fourth-order valence-corrected chi connectivity index (χ4v) is 1.96. The van der Waals surface area contributed by atoms with Crippen LogP contribution in [0.3, 0.4) is 0 Å². The van der Waals surface area contributed by atoms with Crippen LogP contribution in [-0.4, -0.2) is 9.78 Å². The van der Waals surface area contributed by atoms with Crippen LogP contribution in [0.5, 0.6) is 0 Å². The topological polar surface area (TPSA) is 81.9 Å². The van der Waals surface area contributed by atoms with Crippen LogP contribution >= 0.6 is 0 Å². The van der Waals surface area contributed by atoms with Gasteiger partial charge in [-0.1, -0.05) is 0 Å². The molecule has 0 spiro atoms. The first-order valence-corrected chi connectivity index (χ1v) is 5.74. The molecule has 0 bridgehead atoms. The quantitative estimate of drug-likeness (QED) is 0.454. The number of nitrogens with one attached hydrogen (secondary N) is 1. The number of rotatable bonds is 3. The van der Waals surface area contributed by atoms with Gasteiger partial charge in [-0.05, 0) is 23.8 Å². The van der Waals surface area contributed by atoms with E-state index in [9.17, 15) is 13.2 Å². The molecule has 20 heavy (non-hydrogen) atoms. The summed E-state index contributed by atoms with van der Waals surface area (Å²) in [7, 11) is 1.70. The maximum atomic E-state index is 12.8. The number of nitrogens with two attached hydrogens (primary N) is 2. The van der Waals surface area contributed by atoms with Crippen molar-refractivity contribution in [1.29, 1.82) is 0 Å². The fraction of sp³-hybridized carbons (Fsp3) is 0.250. The lowest BCUT2D eigenvalue weighted by molar-refractivity contribution is -0.137. The molecule has 2 rings (SSSR count). The summed E-state index contributed by atoms with van der Waals surface area (Å²) in [6, 6.07) is 2.49. The van der Waals surface area contributed by atoms with Crippen LogP contribution in [0.4, 0.5) is 18.9 Å². The van der Waals surface area contributed by atoms with Crippen molar-refractivity contribution in [3.63, 3.8) is 0 Å². The highest BCUT2D eigenvalue weighted by molar-refractivity contribution is 5.53. The lowest BCUT2D eigenvalue weighted by Gasteiger charge is -2.18. The Morgan fingerprint density at radius 1 is 1.35 bits per heavy atom. The van der Waals surface area contributed by atoms with Gasteiger partial charge in [0, 0.05) is 24.5 Å². The monoisotopic (exact) mass is 285 g/mol. The molecule has 1 aromatic heterocycles. The average molecular weight is 285 g/mol. The Hall–Kier alpha value is -2.06. The first-order valence-electron chi connectivity index (χ1n) is 5.74. The Balaban J connectivity index is 2.49. The van der Waals surface area contributed by atoms with Crippen LogP contribution in [0, 0.1) is 0 Å². The smallest absolute Gasteiger partial charge is 0.398 e. The van der Waals surface area contributed by atoms with E-state index in [0.29, 0.717) is 5.56 Å². The maximum absolute atomic E-state index is 12.8. The van der Waals surface area contributed by atoms with Gasteiger partial charge in [0.05, 0.1) is 17.8 Å². The molecule has 8 heteroatoms. The van der Waals surface area contributed by atoms with Crippen LogP contribution in [-0.2, 0) is 13.2 Å². The maximum Gasteiger partial charge on any atom is 0.416 e. The molecule has 0 aliphatic carbocycles. The number of halogens is 3. The summed E-state index contributed by atoms with van der Waals surface area (Å²) >= 11 is 0. The summed E-state index contributed by atoms with van der Waals surface area (Å²) in [5.74, 6) is 5.45. The number of anilines is 1. The van der Waals surface area contributed by atoms with Crippen LogP contribution in [0.2, 0.25) is 0 Å². The normalized spacial score (nSPS) is 13.4. The van der Waals surface area contributed by atoms with Gasteiger partial charge < -0.3 is 5.73 Å². The van der Waals surface area contributed by atoms with Gasteiger partial charge in [-0.2, -0.15) is 18.3 Å². The second-order valence-electron chi connectivity index (χ2n) is 4.39. The summed E-state index contributed by atoms with van der Waals surface area (Å²) in [4.78, 5) is 0. The summed E-state index contributed by atoms with van der Waals surface area (Å²) in [5, 5.41) is 3.97. The molecule has 0 aliphatic heterocycles. The lowest BCUT2D eigenvalue weighted by atomic mass is 9.98. The largest absolute Gasteiger partial charge is 0.416 e. The fourth-order valence-electron chi connectivity index (χ4n) is 1.96. The van der Waals surface area contributed by atoms with E-state index in [1.54, 1.807) is 13.2 Å². The Labute approximate surface area is 113 Å². The predicted molar refractivity (Wildman–Crippen MR) is 68.2 cm³/mol. The molecule has 1 aromatic carbocycles. The minimum atomic E-state index is -4.43. The van der Waals surface area contributed by atoms with E-state index in [4.69, 9.17) is 11.6 Å². The molecule has 0 aliphatic rings. The van der Waals surface area contributed by atoms with Gasteiger partial charge in [0.1, 0.15) is 0 Å². The van der Waals surface area contributed by atoms with E-state index in [-0.39, 0.29) is 11.3 Å². The molecule has 0 saturated carbocycles. The standard InChI is InChI=1S/C12H14F3N5/c1-20-6-7(5-18-20)11(19-17)9-4-8(12(13,14)15)2-3-10(9)16/h2-6,11,19H,16-17H2,1H3. The van der Waals surface area contributed by atoms with Crippen LogP contribution in [0.1, 0.15) is 22.7 Å². The zero-order chi connectivity index (χ0) is 14.9.